The lowest BCUT2D eigenvalue weighted by Crippen LogP contribution is -2.48. The Morgan fingerprint density at radius 1 is 1.00 bits per heavy atom. The minimum atomic E-state index is -3.59. The molecule has 2 aromatic carbocycles. The van der Waals surface area contributed by atoms with Crippen LogP contribution in [0.2, 0.25) is 0 Å². The van der Waals surface area contributed by atoms with Crippen molar-refractivity contribution < 1.29 is 22.7 Å². The van der Waals surface area contributed by atoms with Gasteiger partial charge in [0.05, 0.1) is 23.5 Å². The number of aromatic hydroxyl groups is 1. The molecule has 2 heterocycles. The van der Waals surface area contributed by atoms with Gasteiger partial charge >= 0.3 is 0 Å². The van der Waals surface area contributed by atoms with E-state index in [1.54, 1.807) is 48.9 Å². The average Bonchev–Trinajstić information content (AvgIpc) is 3.28. The second kappa shape index (κ2) is 8.64. The Bertz CT molecular complexity index is 1120. The molecule has 7 nitrogen and oxygen atoms in total. The van der Waals surface area contributed by atoms with E-state index in [1.165, 1.54) is 4.31 Å². The summed E-state index contributed by atoms with van der Waals surface area (Å²) >= 11 is 0. The molecule has 1 N–H and O–H groups in total. The molecule has 0 radical (unpaired) electrons. The number of ether oxygens (including phenoxy) is 1. The maximum Gasteiger partial charge on any atom is 0.243 e. The highest BCUT2D eigenvalue weighted by Gasteiger charge is 2.29. The lowest BCUT2D eigenvalue weighted by molar-refractivity contribution is 0.242. The summed E-state index contributed by atoms with van der Waals surface area (Å²) in [5.74, 6) is 0.815. The minimum Gasteiger partial charge on any atom is -0.508 e. The maximum atomic E-state index is 13.1. The van der Waals surface area contributed by atoms with Crippen molar-refractivity contribution in [3.63, 3.8) is 0 Å². The molecule has 4 rings (SSSR count). The second-order valence-electron chi connectivity index (χ2n) is 7.74. The van der Waals surface area contributed by atoms with E-state index in [1.807, 2.05) is 26.0 Å². The van der Waals surface area contributed by atoms with Crippen LogP contribution >= 0.6 is 0 Å². The fourth-order valence-electron chi connectivity index (χ4n) is 3.72. The number of hydrogen-bond acceptors (Lipinski definition) is 6. The summed E-state index contributed by atoms with van der Waals surface area (Å²) in [6.45, 7) is 5.59. The Morgan fingerprint density at radius 2 is 1.71 bits per heavy atom. The van der Waals surface area contributed by atoms with Gasteiger partial charge in [0.2, 0.25) is 10.0 Å². The summed E-state index contributed by atoms with van der Waals surface area (Å²) in [7, 11) is -3.59. The smallest absolute Gasteiger partial charge is 0.243 e. The van der Waals surface area contributed by atoms with Crippen LogP contribution in [0.4, 0.5) is 5.69 Å². The number of rotatable bonds is 6. The van der Waals surface area contributed by atoms with Crippen LogP contribution in [-0.4, -0.2) is 50.1 Å². The van der Waals surface area contributed by atoms with Crippen LogP contribution in [0.1, 0.15) is 13.8 Å². The Labute approximate surface area is 182 Å². The molecule has 1 saturated heterocycles. The third kappa shape index (κ3) is 4.55. The van der Waals surface area contributed by atoms with Crippen LogP contribution < -0.4 is 9.64 Å². The van der Waals surface area contributed by atoms with Gasteiger partial charge in [-0.2, -0.15) is 4.31 Å². The summed E-state index contributed by atoms with van der Waals surface area (Å²) in [5.41, 5.74) is 2.70. The van der Waals surface area contributed by atoms with E-state index in [-0.39, 0.29) is 16.7 Å². The maximum absolute atomic E-state index is 13.1. The molecule has 0 atom stereocenters. The first-order chi connectivity index (χ1) is 14.8. The molecule has 0 spiro atoms. The van der Waals surface area contributed by atoms with E-state index in [0.29, 0.717) is 31.9 Å². The van der Waals surface area contributed by atoms with Crippen LogP contribution in [-0.2, 0) is 10.0 Å². The molecule has 1 aliphatic rings. The number of anilines is 1. The van der Waals surface area contributed by atoms with Gasteiger partial charge in [0.1, 0.15) is 11.5 Å². The van der Waals surface area contributed by atoms with Gasteiger partial charge in [-0.05, 0) is 56.3 Å². The van der Waals surface area contributed by atoms with E-state index >= 15 is 0 Å². The number of furan rings is 1. The van der Waals surface area contributed by atoms with Crippen molar-refractivity contribution in [2.45, 2.75) is 24.8 Å². The highest BCUT2D eigenvalue weighted by molar-refractivity contribution is 7.89. The van der Waals surface area contributed by atoms with Gasteiger partial charge in [-0.25, -0.2) is 8.42 Å². The van der Waals surface area contributed by atoms with Crippen molar-refractivity contribution in [3.05, 3.63) is 61.1 Å². The Balaban J connectivity index is 1.49. The zero-order valence-electron chi connectivity index (χ0n) is 17.6. The molecule has 0 unspecified atom stereocenters. The zero-order valence-corrected chi connectivity index (χ0v) is 18.4. The number of hydrogen-bond donors (Lipinski definition) is 1. The number of benzene rings is 2. The van der Waals surface area contributed by atoms with Crippen LogP contribution in [0.25, 0.3) is 11.1 Å². The van der Waals surface area contributed by atoms with Crippen molar-refractivity contribution in [2.75, 3.05) is 31.1 Å². The van der Waals surface area contributed by atoms with Gasteiger partial charge < -0.3 is 19.2 Å². The van der Waals surface area contributed by atoms with Gasteiger partial charge in [-0.1, -0.05) is 0 Å². The summed E-state index contributed by atoms with van der Waals surface area (Å²) in [4.78, 5) is 2.35. The van der Waals surface area contributed by atoms with Crippen molar-refractivity contribution in [1.82, 2.24) is 4.31 Å². The van der Waals surface area contributed by atoms with E-state index in [9.17, 15) is 13.5 Å². The molecule has 31 heavy (non-hydrogen) atoms. The largest absolute Gasteiger partial charge is 0.508 e. The molecule has 164 valence electrons. The molecule has 1 aromatic heterocycles. The standard InChI is InChI=1S/C23H26N2O5S/c1-17(2)30-20-4-6-21(7-5-20)31(27,28)25-12-10-24(11-13-25)23-15-19(26)3-8-22(23)18-9-14-29-16-18/h3-9,14-17,26H,10-13H2,1-2H3. The SMILES string of the molecule is CC(C)Oc1ccc(S(=O)(=O)N2CCN(c3cc(O)ccc3-c3ccoc3)CC2)cc1. The molecular formula is C23H26N2O5S. The average molecular weight is 443 g/mol. The van der Waals surface area contributed by atoms with E-state index in [0.717, 1.165) is 16.8 Å². The van der Waals surface area contributed by atoms with Crippen LogP contribution in [0.5, 0.6) is 11.5 Å². The number of phenolic OH excluding ortho intramolecular Hbond substituents is 1. The van der Waals surface area contributed by atoms with Gasteiger partial charge in [0, 0.05) is 49.1 Å². The topological polar surface area (TPSA) is 83.2 Å². The van der Waals surface area contributed by atoms with Crippen LogP contribution in [0, 0.1) is 0 Å². The molecule has 3 aromatic rings. The summed E-state index contributed by atoms with van der Waals surface area (Å²) in [5, 5.41) is 10.0. The normalized spacial score (nSPS) is 15.4. The number of nitrogens with zero attached hydrogens (tertiary/aromatic N) is 2. The van der Waals surface area contributed by atoms with Gasteiger partial charge in [-0.15, -0.1) is 0 Å². The lowest BCUT2D eigenvalue weighted by Gasteiger charge is -2.36. The Morgan fingerprint density at radius 3 is 2.32 bits per heavy atom. The third-order valence-corrected chi connectivity index (χ3v) is 7.14. The Hall–Kier alpha value is -2.97. The van der Waals surface area contributed by atoms with E-state index in [4.69, 9.17) is 9.15 Å². The van der Waals surface area contributed by atoms with Gasteiger partial charge in [0.15, 0.2) is 0 Å². The van der Waals surface area contributed by atoms with E-state index < -0.39 is 10.0 Å². The Kier molecular flexibility index (Phi) is 5.93. The molecule has 0 aliphatic carbocycles. The molecular weight excluding hydrogens is 416 g/mol. The summed E-state index contributed by atoms with van der Waals surface area (Å²) < 4.78 is 38.5. The molecule has 1 aliphatic heterocycles. The van der Waals surface area contributed by atoms with Crippen LogP contribution in [0.3, 0.4) is 0 Å². The first-order valence-electron chi connectivity index (χ1n) is 10.2. The molecule has 0 saturated carbocycles. The zero-order chi connectivity index (χ0) is 22.0. The third-order valence-electron chi connectivity index (χ3n) is 5.23. The molecule has 1 fully saturated rings. The first kappa shape index (κ1) is 21.3. The predicted molar refractivity (Wildman–Crippen MR) is 119 cm³/mol. The van der Waals surface area contributed by atoms with Gasteiger partial charge in [-0.3, -0.25) is 0 Å². The second-order valence-corrected chi connectivity index (χ2v) is 9.68. The van der Waals surface area contributed by atoms with Crippen molar-refractivity contribution in [1.29, 1.82) is 0 Å². The summed E-state index contributed by atoms with van der Waals surface area (Å²) in [6, 6.07) is 13.6. The van der Waals surface area contributed by atoms with E-state index in [2.05, 4.69) is 4.90 Å². The van der Waals surface area contributed by atoms with Gasteiger partial charge in [0.25, 0.3) is 0 Å². The van der Waals surface area contributed by atoms with Crippen LogP contribution in [0.15, 0.2) is 70.4 Å². The number of piperazine rings is 1. The van der Waals surface area contributed by atoms with Crippen molar-refractivity contribution in [2.24, 2.45) is 0 Å². The molecule has 8 heteroatoms. The summed E-state index contributed by atoms with van der Waals surface area (Å²) in [6.07, 6.45) is 3.29. The predicted octanol–water partition coefficient (Wildman–Crippen LogP) is 3.95. The highest BCUT2D eigenvalue weighted by Crippen LogP contribution is 2.35. The first-order valence-corrected chi connectivity index (χ1v) is 11.7. The molecule has 0 bridgehead atoms. The monoisotopic (exact) mass is 442 g/mol. The quantitative estimate of drug-likeness (QED) is 0.622. The number of phenols is 1. The van der Waals surface area contributed by atoms with Crippen molar-refractivity contribution in [3.8, 4) is 22.6 Å². The fourth-order valence-corrected chi connectivity index (χ4v) is 5.15. The highest BCUT2D eigenvalue weighted by atomic mass is 32.2. The van der Waals surface area contributed by atoms with Crippen molar-refractivity contribution >= 4 is 15.7 Å². The minimum absolute atomic E-state index is 0.0277. The molecule has 0 amide bonds. The number of sulfonamides is 1. The lowest BCUT2D eigenvalue weighted by atomic mass is 10.0. The fraction of sp³-hybridized carbons (Fsp3) is 0.304.